The van der Waals surface area contributed by atoms with Crippen LogP contribution in [0.25, 0.3) is 33.4 Å². The fraction of sp³-hybridized carbons (Fsp3) is 0.0270. The van der Waals surface area contributed by atoms with Crippen molar-refractivity contribution in [2.75, 3.05) is 19.6 Å². The van der Waals surface area contributed by atoms with E-state index in [-0.39, 0.29) is 0 Å². The Morgan fingerprint density at radius 2 is 0.308 bits per heavy atom. The number of hydrogen-bond acceptors (Lipinski definition) is 4. The summed E-state index contributed by atoms with van der Waals surface area (Å²) in [4.78, 5) is 9.30. The highest BCUT2D eigenvalue weighted by Crippen LogP contribution is 2.43. The largest absolute Gasteiger partial charge is 0.311 e. The van der Waals surface area contributed by atoms with Gasteiger partial charge in [-0.2, -0.15) is 0 Å². The molecule has 0 saturated heterocycles. The molecule has 0 bridgehead atoms. The normalized spacial score (nSPS) is 10.7. The zero-order chi connectivity index (χ0) is 52.9. The van der Waals surface area contributed by atoms with Gasteiger partial charge in [0.25, 0.3) is 0 Å². The van der Waals surface area contributed by atoms with E-state index in [4.69, 9.17) is 0 Å². The molecule has 12 aromatic carbocycles. The van der Waals surface area contributed by atoms with Crippen LogP contribution in [0.5, 0.6) is 0 Å². The Hall–Kier alpha value is -10.2. The molecule has 0 atom stereocenters. The van der Waals surface area contributed by atoms with Gasteiger partial charge in [-0.1, -0.05) is 196 Å². The van der Waals surface area contributed by atoms with Gasteiger partial charge in [-0.05, 0) is 179 Å². The summed E-state index contributed by atoms with van der Waals surface area (Å²) >= 11 is 0. The molecule has 4 nitrogen and oxygen atoms in total. The molecule has 0 heterocycles. The van der Waals surface area contributed by atoms with Gasteiger partial charge in [0.05, 0.1) is 0 Å². The Balaban J connectivity index is 0.00000319. The van der Waals surface area contributed by atoms with Crippen LogP contribution < -0.4 is 19.6 Å². The predicted molar refractivity (Wildman–Crippen MR) is 333 cm³/mol. The number of para-hydroxylation sites is 4. The molecule has 78 heavy (non-hydrogen) atoms. The Bertz CT molecular complexity index is 3510. The number of rotatable bonds is 15. The van der Waals surface area contributed by atoms with Gasteiger partial charge in [0.1, 0.15) is 0 Å². The molecule has 4 heteroatoms. The summed E-state index contributed by atoms with van der Waals surface area (Å²) in [5, 5.41) is 0. The highest BCUT2D eigenvalue weighted by molar-refractivity contribution is 5.86. The highest BCUT2D eigenvalue weighted by atomic mass is 15.2. The van der Waals surface area contributed by atoms with Crippen molar-refractivity contribution >= 4 is 68.2 Å². The van der Waals surface area contributed by atoms with Crippen molar-refractivity contribution in [2.45, 2.75) is 13.8 Å². The minimum atomic E-state index is 1.07. The van der Waals surface area contributed by atoms with Crippen LogP contribution in [0.3, 0.4) is 0 Å². The van der Waals surface area contributed by atoms with Crippen molar-refractivity contribution < 1.29 is 0 Å². The van der Waals surface area contributed by atoms with E-state index < -0.39 is 0 Å². The molecule has 0 amide bonds. The van der Waals surface area contributed by atoms with E-state index in [1.807, 2.05) is 13.8 Å². The summed E-state index contributed by atoms with van der Waals surface area (Å²) in [6, 6.07) is 117. The van der Waals surface area contributed by atoms with E-state index in [0.717, 1.165) is 79.4 Å². The van der Waals surface area contributed by atoms with Gasteiger partial charge in [-0.25, -0.2) is 0 Å². The van der Waals surface area contributed by atoms with Gasteiger partial charge in [-0.3, -0.25) is 0 Å². The molecule has 0 fully saturated rings. The fourth-order valence-electron chi connectivity index (χ4n) is 10.1. The maximum atomic E-state index is 2.33. The van der Waals surface area contributed by atoms with Gasteiger partial charge >= 0.3 is 0 Å². The Kier molecular flexibility index (Phi) is 15.4. The first-order chi connectivity index (χ1) is 38.7. The fourth-order valence-corrected chi connectivity index (χ4v) is 10.1. The van der Waals surface area contributed by atoms with Crippen molar-refractivity contribution in [1.82, 2.24) is 0 Å². The van der Waals surface area contributed by atoms with E-state index in [0.29, 0.717) is 0 Å². The third-order valence-corrected chi connectivity index (χ3v) is 13.8. The second-order valence-corrected chi connectivity index (χ2v) is 18.6. The molecule has 0 unspecified atom stereocenters. The monoisotopic (exact) mass is 1000 g/mol. The standard InChI is InChI=1S/C72H54N4.C2H6/c1-7-21-55(22-8-1)59-25-19-35-71(53-59)75(63-31-15-5-16-32-63)69-49-45-67(46-50-69)73(61-27-11-3-12-28-61)65-41-37-57(38-42-65)58-39-43-66(44-40-58)74(62-29-13-4-14-30-62)68-47-51-70(52-48-68)76(64-33-17-6-18-34-64)72-36-20-26-60(54-72)56-23-9-2-10-24-56;1-2/h1-54H;1-2H3. The molecule has 12 rings (SSSR count). The highest BCUT2D eigenvalue weighted by Gasteiger charge is 2.19. The summed E-state index contributed by atoms with van der Waals surface area (Å²) in [7, 11) is 0. The van der Waals surface area contributed by atoms with Gasteiger partial charge in [0, 0.05) is 68.2 Å². The van der Waals surface area contributed by atoms with Crippen LogP contribution in [-0.2, 0) is 0 Å². The molecule has 0 spiro atoms. The molecule has 0 saturated carbocycles. The third-order valence-electron chi connectivity index (χ3n) is 13.8. The molecule has 0 aliphatic carbocycles. The second-order valence-electron chi connectivity index (χ2n) is 18.6. The molecule has 376 valence electrons. The quantitative estimate of drug-likeness (QED) is 0.101. The average Bonchev–Trinajstić information content (AvgIpc) is 3.54. The SMILES string of the molecule is CC.c1ccc(-c2cccc(N(c3ccccc3)c3ccc(N(c4ccccc4)c4ccc(-c5ccc(N(c6ccccc6)c6ccc(N(c7ccccc7)c7cccc(-c8ccccc8)c7)cc6)cc5)cc4)cc3)c2)cc1. The third kappa shape index (κ3) is 11.1. The Labute approximate surface area is 460 Å². The van der Waals surface area contributed by atoms with Crippen molar-refractivity contribution in [3.63, 3.8) is 0 Å². The van der Waals surface area contributed by atoms with E-state index in [1.165, 1.54) is 22.3 Å². The Morgan fingerprint density at radius 3 is 0.564 bits per heavy atom. The first-order valence-electron chi connectivity index (χ1n) is 26.8. The lowest BCUT2D eigenvalue weighted by Gasteiger charge is -2.29. The van der Waals surface area contributed by atoms with Crippen LogP contribution in [0.1, 0.15) is 13.8 Å². The van der Waals surface area contributed by atoms with Crippen LogP contribution in [-0.4, -0.2) is 0 Å². The lowest BCUT2D eigenvalue weighted by molar-refractivity contribution is 1.25. The van der Waals surface area contributed by atoms with Crippen LogP contribution in [0.2, 0.25) is 0 Å². The molecule has 0 aliphatic heterocycles. The van der Waals surface area contributed by atoms with Gasteiger partial charge in [-0.15, -0.1) is 0 Å². The summed E-state index contributed by atoms with van der Waals surface area (Å²) in [6.07, 6.45) is 0. The maximum Gasteiger partial charge on any atom is 0.0467 e. The zero-order valence-corrected chi connectivity index (χ0v) is 44.0. The van der Waals surface area contributed by atoms with Crippen molar-refractivity contribution in [3.05, 3.63) is 328 Å². The van der Waals surface area contributed by atoms with Crippen LogP contribution >= 0.6 is 0 Å². The molecular formula is C74H60N4. The lowest BCUT2D eigenvalue weighted by atomic mass is 10.0. The lowest BCUT2D eigenvalue weighted by Crippen LogP contribution is -2.12. The van der Waals surface area contributed by atoms with E-state index in [1.54, 1.807) is 0 Å². The maximum absolute atomic E-state index is 2.33. The average molecular weight is 1010 g/mol. The van der Waals surface area contributed by atoms with Gasteiger partial charge in [0.15, 0.2) is 0 Å². The molecule has 0 aromatic heterocycles. The predicted octanol–water partition coefficient (Wildman–Crippen LogP) is 21.6. The van der Waals surface area contributed by atoms with Crippen molar-refractivity contribution in [2.24, 2.45) is 0 Å². The zero-order valence-electron chi connectivity index (χ0n) is 44.0. The molecule has 12 aromatic rings. The first-order valence-corrected chi connectivity index (χ1v) is 26.8. The van der Waals surface area contributed by atoms with E-state index in [9.17, 15) is 0 Å². The first kappa shape index (κ1) is 50.0. The summed E-state index contributed by atoms with van der Waals surface area (Å²) in [5.41, 5.74) is 20.0. The summed E-state index contributed by atoms with van der Waals surface area (Å²) in [6.45, 7) is 4.00. The molecular weight excluding hydrogens is 945 g/mol. The Morgan fingerprint density at radius 1 is 0.141 bits per heavy atom. The van der Waals surface area contributed by atoms with Gasteiger partial charge < -0.3 is 19.6 Å². The number of anilines is 12. The molecule has 0 radical (unpaired) electrons. The number of hydrogen-bond donors (Lipinski definition) is 0. The summed E-state index contributed by atoms with van der Waals surface area (Å²) in [5.74, 6) is 0. The van der Waals surface area contributed by atoms with Crippen LogP contribution in [0.15, 0.2) is 328 Å². The van der Waals surface area contributed by atoms with Crippen molar-refractivity contribution in [1.29, 1.82) is 0 Å². The van der Waals surface area contributed by atoms with Crippen LogP contribution in [0.4, 0.5) is 68.2 Å². The topological polar surface area (TPSA) is 13.0 Å². The number of nitrogens with zero attached hydrogens (tertiary/aromatic N) is 4. The number of benzene rings is 12. The minimum absolute atomic E-state index is 1.07. The van der Waals surface area contributed by atoms with Crippen molar-refractivity contribution in [3.8, 4) is 33.4 Å². The second kappa shape index (κ2) is 24.0. The van der Waals surface area contributed by atoms with E-state index in [2.05, 4.69) is 347 Å². The van der Waals surface area contributed by atoms with Gasteiger partial charge in [0.2, 0.25) is 0 Å². The van der Waals surface area contributed by atoms with Crippen LogP contribution in [0, 0.1) is 0 Å². The molecule has 0 N–H and O–H groups in total. The molecule has 0 aliphatic rings. The minimum Gasteiger partial charge on any atom is -0.311 e. The summed E-state index contributed by atoms with van der Waals surface area (Å²) < 4.78 is 0. The van der Waals surface area contributed by atoms with E-state index >= 15 is 0 Å². The smallest absolute Gasteiger partial charge is 0.0467 e.